The van der Waals surface area contributed by atoms with Gasteiger partial charge in [-0.2, -0.15) is 0 Å². The number of nitrogens with one attached hydrogen (secondary N) is 1. The number of para-hydroxylation sites is 1. The first-order valence-corrected chi connectivity index (χ1v) is 10.2. The number of likely N-dealkylation sites (N-methyl/N-ethyl adjacent to an activating group) is 1. The number of piperazine rings is 1. The Morgan fingerprint density at radius 1 is 1.19 bits per heavy atom. The second kappa shape index (κ2) is 8.21. The summed E-state index contributed by atoms with van der Waals surface area (Å²) in [6.07, 6.45) is 0.945. The number of benzene rings is 1. The Labute approximate surface area is 162 Å². The number of thiazole rings is 1. The van der Waals surface area contributed by atoms with Crippen LogP contribution in [-0.4, -0.2) is 67.0 Å². The van der Waals surface area contributed by atoms with Crippen LogP contribution in [0.5, 0.6) is 0 Å². The standard InChI is InChI=1S/C20H24N4O2S/c1-23-11-13-24(14-12-23)10-4-9-21-19(25)16-7-8-17(26-16)20-22-15-5-2-3-6-18(15)27-20/h2-3,5-8H,4,9-14H2,1H3,(H,21,25). The van der Waals surface area contributed by atoms with Crippen molar-refractivity contribution in [1.82, 2.24) is 20.1 Å². The average Bonchev–Trinajstić information content (AvgIpc) is 3.33. The fourth-order valence-corrected chi connectivity index (χ4v) is 4.14. The number of nitrogens with zero attached hydrogens (tertiary/aromatic N) is 3. The van der Waals surface area contributed by atoms with E-state index in [-0.39, 0.29) is 5.91 Å². The first-order valence-electron chi connectivity index (χ1n) is 9.34. The molecular formula is C20H24N4O2S. The van der Waals surface area contributed by atoms with Crippen molar-refractivity contribution in [3.05, 3.63) is 42.2 Å². The van der Waals surface area contributed by atoms with E-state index >= 15 is 0 Å². The lowest BCUT2D eigenvalue weighted by Crippen LogP contribution is -2.45. The summed E-state index contributed by atoms with van der Waals surface area (Å²) in [6, 6.07) is 11.5. The smallest absolute Gasteiger partial charge is 0.287 e. The van der Waals surface area contributed by atoms with Crippen LogP contribution in [0.2, 0.25) is 0 Å². The van der Waals surface area contributed by atoms with Crippen molar-refractivity contribution in [2.75, 3.05) is 46.3 Å². The maximum absolute atomic E-state index is 12.3. The third-order valence-corrected chi connectivity index (χ3v) is 5.92. The van der Waals surface area contributed by atoms with Crippen LogP contribution in [0.3, 0.4) is 0 Å². The van der Waals surface area contributed by atoms with Gasteiger partial charge in [0.05, 0.1) is 10.2 Å². The molecule has 0 saturated carbocycles. The molecule has 6 nitrogen and oxygen atoms in total. The number of aromatic nitrogens is 1. The predicted molar refractivity (Wildman–Crippen MR) is 108 cm³/mol. The van der Waals surface area contributed by atoms with Crippen LogP contribution in [0.15, 0.2) is 40.8 Å². The number of furan rings is 1. The minimum Gasteiger partial charge on any atom is -0.448 e. The van der Waals surface area contributed by atoms with E-state index in [9.17, 15) is 4.79 Å². The molecule has 1 N–H and O–H groups in total. The lowest BCUT2D eigenvalue weighted by atomic mass is 10.3. The van der Waals surface area contributed by atoms with Gasteiger partial charge in [0.25, 0.3) is 5.91 Å². The van der Waals surface area contributed by atoms with Gasteiger partial charge in [-0.25, -0.2) is 4.98 Å². The van der Waals surface area contributed by atoms with Crippen molar-refractivity contribution in [3.63, 3.8) is 0 Å². The van der Waals surface area contributed by atoms with Gasteiger partial charge in [0.1, 0.15) is 0 Å². The molecule has 1 fully saturated rings. The van der Waals surface area contributed by atoms with Gasteiger partial charge in [0.15, 0.2) is 16.5 Å². The van der Waals surface area contributed by atoms with Gasteiger partial charge in [0.2, 0.25) is 0 Å². The summed E-state index contributed by atoms with van der Waals surface area (Å²) in [5.41, 5.74) is 0.948. The molecule has 3 heterocycles. The Kier molecular flexibility index (Phi) is 5.52. The summed E-state index contributed by atoms with van der Waals surface area (Å²) in [5, 5.41) is 3.75. The van der Waals surface area contributed by atoms with Crippen LogP contribution in [0.4, 0.5) is 0 Å². The van der Waals surface area contributed by atoms with Gasteiger partial charge in [-0.15, -0.1) is 11.3 Å². The molecule has 0 atom stereocenters. The molecule has 1 aliphatic rings. The lowest BCUT2D eigenvalue weighted by Gasteiger charge is -2.32. The number of hydrogen-bond acceptors (Lipinski definition) is 6. The maximum Gasteiger partial charge on any atom is 0.287 e. The van der Waals surface area contributed by atoms with Crippen LogP contribution < -0.4 is 5.32 Å². The summed E-state index contributed by atoms with van der Waals surface area (Å²) < 4.78 is 6.85. The van der Waals surface area contributed by atoms with Crippen molar-refractivity contribution < 1.29 is 9.21 Å². The van der Waals surface area contributed by atoms with Gasteiger partial charge >= 0.3 is 0 Å². The highest BCUT2D eigenvalue weighted by Crippen LogP contribution is 2.31. The normalized spacial score (nSPS) is 16.0. The summed E-state index contributed by atoms with van der Waals surface area (Å²) in [7, 11) is 2.16. The molecule has 1 aliphatic heterocycles. The van der Waals surface area contributed by atoms with Crippen LogP contribution in [0, 0.1) is 0 Å². The molecular weight excluding hydrogens is 360 g/mol. The van der Waals surface area contributed by atoms with E-state index in [4.69, 9.17) is 4.42 Å². The van der Waals surface area contributed by atoms with E-state index < -0.39 is 0 Å². The van der Waals surface area contributed by atoms with Crippen molar-refractivity contribution in [2.24, 2.45) is 0 Å². The van der Waals surface area contributed by atoms with Crippen LogP contribution in [-0.2, 0) is 0 Å². The van der Waals surface area contributed by atoms with Gasteiger partial charge in [0, 0.05) is 32.7 Å². The van der Waals surface area contributed by atoms with Crippen LogP contribution in [0.25, 0.3) is 21.0 Å². The van der Waals surface area contributed by atoms with Gasteiger partial charge in [-0.05, 0) is 44.3 Å². The summed E-state index contributed by atoms with van der Waals surface area (Å²) >= 11 is 1.57. The molecule has 27 heavy (non-hydrogen) atoms. The van der Waals surface area contributed by atoms with Gasteiger partial charge < -0.3 is 19.5 Å². The first-order chi connectivity index (χ1) is 13.2. The quantitative estimate of drug-likeness (QED) is 0.662. The Bertz CT molecular complexity index is 878. The Morgan fingerprint density at radius 2 is 2.00 bits per heavy atom. The molecule has 0 radical (unpaired) electrons. The van der Waals surface area contributed by atoms with Gasteiger partial charge in [-0.3, -0.25) is 4.79 Å². The fraction of sp³-hybridized carbons (Fsp3) is 0.400. The Hall–Kier alpha value is -2.22. The van der Waals surface area contributed by atoms with Crippen LogP contribution >= 0.6 is 11.3 Å². The Balaban J connectivity index is 1.28. The number of fused-ring (bicyclic) bond motifs is 1. The highest BCUT2D eigenvalue weighted by atomic mass is 32.1. The number of carbonyl (C=O) groups excluding carboxylic acids is 1. The van der Waals surface area contributed by atoms with E-state index in [0.29, 0.717) is 18.1 Å². The van der Waals surface area contributed by atoms with Crippen molar-refractivity contribution in [2.45, 2.75) is 6.42 Å². The molecule has 0 aliphatic carbocycles. The second-order valence-corrected chi connectivity index (χ2v) is 7.94. The second-order valence-electron chi connectivity index (χ2n) is 6.91. The van der Waals surface area contributed by atoms with Crippen molar-refractivity contribution in [3.8, 4) is 10.8 Å². The molecule has 0 unspecified atom stereocenters. The van der Waals surface area contributed by atoms with E-state index in [0.717, 1.165) is 54.4 Å². The molecule has 142 valence electrons. The van der Waals surface area contributed by atoms with Gasteiger partial charge in [-0.1, -0.05) is 12.1 Å². The molecule has 1 amide bonds. The molecule has 0 spiro atoms. The molecule has 1 aromatic carbocycles. The molecule has 3 aromatic rings. The third-order valence-electron chi connectivity index (χ3n) is 4.87. The summed E-state index contributed by atoms with van der Waals surface area (Å²) in [4.78, 5) is 21.7. The van der Waals surface area contributed by atoms with E-state index in [1.807, 2.05) is 30.3 Å². The zero-order valence-electron chi connectivity index (χ0n) is 15.5. The Morgan fingerprint density at radius 3 is 2.81 bits per heavy atom. The maximum atomic E-state index is 12.3. The summed E-state index contributed by atoms with van der Waals surface area (Å²) in [6.45, 7) is 6.12. The predicted octanol–water partition coefficient (Wildman–Crippen LogP) is 2.92. The van der Waals surface area contributed by atoms with Crippen molar-refractivity contribution in [1.29, 1.82) is 0 Å². The van der Waals surface area contributed by atoms with Crippen molar-refractivity contribution >= 4 is 27.5 Å². The fourth-order valence-electron chi connectivity index (χ4n) is 3.22. The number of hydrogen-bond donors (Lipinski definition) is 1. The third kappa shape index (κ3) is 4.37. The number of carbonyl (C=O) groups is 1. The van der Waals surface area contributed by atoms with E-state index in [2.05, 4.69) is 27.1 Å². The minimum atomic E-state index is -0.166. The minimum absolute atomic E-state index is 0.166. The molecule has 0 bridgehead atoms. The number of rotatable bonds is 6. The zero-order valence-corrected chi connectivity index (χ0v) is 16.3. The van der Waals surface area contributed by atoms with E-state index in [1.165, 1.54) is 0 Å². The highest BCUT2D eigenvalue weighted by molar-refractivity contribution is 7.21. The zero-order chi connectivity index (χ0) is 18.6. The monoisotopic (exact) mass is 384 g/mol. The largest absolute Gasteiger partial charge is 0.448 e. The van der Waals surface area contributed by atoms with Crippen LogP contribution in [0.1, 0.15) is 17.0 Å². The molecule has 2 aromatic heterocycles. The molecule has 7 heteroatoms. The number of amides is 1. The van der Waals surface area contributed by atoms with E-state index in [1.54, 1.807) is 17.4 Å². The topological polar surface area (TPSA) is 61.6 Å². The SMILES string of the molecule is CN1CCN(CCCNC(=O)c2ccc(-c3nc4ccccc4s3)o2)CC1. The highest BCUT2D eigenvalue weighted by Gasteiger charge is 2.16. The molecule has 4 rings (SSSR count). The first kappa shape index (κ1) is 18.2. The lowest BCUT2D eigenvalue weighted by molar-refractivity contribution is 0.0922. The summed E-state index contributed by atoms with van der Waals surface area (Å²) in [5.74, 6) is 0.809. The average molecular weight is 385 g/mol. The molecule has 1 saturated heterocycles.